The van der Waals surface area contributed by atoms with Gasteiger partial charge in [-0.2, -0.15) is 0 Å². The van der Waals surface area contributed by atoms with Crippen molar-refractivity contribution in [1.82, 2.24) is 4.90 Å². The van der Waals surface area contributed by atoms with E-state index in [0.29, 0.717) is 6.61 Å². The summed E-state index contributed by atoms with van der Waals surface area (Å²) in [7, 11) is 1.67. The van der Waals surface area contributed by atoms with E-state index in [9.17, 15) is 5.11 Å². The molecule has 0 aromatic carbocycles. The van der Waals surface area contributed by atoms with Gasteiger partial charge in [-0.3, -0.25) is 0 Å². The maximum atomic E-state index is 9.98. The number of aliphatic hydroxyl groups is 1. The average Bonchev–Trinajstić information content (AvgIpc) is 2.52. The zero-order valence-corrected chi connectivity index (χ0v) is 8.75. The number of β-amino-alcohol motifs (C(OH)–C–C–N with tert-alkyl or cyclic N) is 1. The molecule has 0 saturated carbocycles. The molecule has 1 heterocycles. The summed E-state index contributed by atoms with van der Waals surface area (Å²) in [4.78, 5) is 2.33. The van der Waals surface area contributed by atoms with Crippen molar-refractivity contribution in [3.8, 4) is 0 Å². The molecule has 0 spiro atoms. The lowest BCUT2D eigenvalue weighted by Crippen LogP contribution is -2.40. The summed E-state index contributed by atoms with van der Waals surface area (Å²) >= 11 is 0. The second-order valence-corrected chi connectivity index (χ2v) is 4.22. The maximum absolute atomic E-state index is 9.98. The highest BCUT2D eigenvalue weighted by molar-refractivity contribution is 4.79. The number of methoxy groups -OCH3 is 1. The van der Waals surface area contributed by atoms with E-state index in [1.807, 2.05) is 6.92 Å². The third-order valence-corrected chi connectivity index (χ3v) is 2.61. The lowest BCUT2D eigenvalue weighted by atomic mass is 10.0. The van der Waals surface area contributed by atoms with Gasteiger partial charge in [-0.1, -0.05) is 0 Å². The average molecular weight is 187 g/mol. The summed E-state index contributed by atoms with van der Waals surface area (Å²) in [5, 5.41) is 9.98. The molecule has 0 aromatic heterocycles. The van der Waals surface area contributed by atoms with Crippen molar-refractivity contribution in [2.24, 2.45) is 0 Å². The van der Waals surface area contributed by atoms with Gasteiger partial charge in [0, 0.05) is 26.7 Å². The van der Waals surface area contributed by atoms with E-state index >= 15 is 0 Å². The third-order valence-electron chi connectivity index (χ3n) is 2.61. The fourth-order valence-electron chi connectivity index (χ4n) is 1.82. The molecule has 1 N–H and O–H groups in total. The zero-order chi connectivity index (χ0) is 9.73. The fraction of sp³-hybridized carbons (Fsp3) is 1.00. The Hall–Kier alpha value is -0.120. The van der Waals surface area contributed by atoms with E-state index in [2.05, 4.69) is 4.90 Å². The number of nitrogens with zero attached hydrogens (tertiary/aromatic N) is 1. The van der Waals surface area contributed by atoms with Gasteiger partial charge in [0.25, 0.3) is 0 Å². The topological polar surface area (TPSA) is 32.7 Å². The van der Waals surface area contributed by atoms with Gasteiger partial charge in [0.05, 0.1) is 5.60 Å². The van der Waals surface area contributed by atoms with Crippen LogP contribution in [0.25, 0.3) is 0 Å². The van der Waals surface area contributed by atoms with E-state index in [1.54, 1.807) is 7.11 Å². The predicted molar refractivity (Wildman–Crippen MR) is 52.8 cm³/mol. The summed E-state index contributed by atoms with van der Waals surface area (Å²) < 4.78 is 4.96. The largest absolute Gasteiger partial charge is 0.389 e. The molecule has 1 aliphatic heterocycles. The molecule has 0 aliphatic carbocycles. The minimum atomic E-state index is -0.583. The molecule has 1 atom stereocenters. The Bertz CT molecular complexity index is 142. The van der Waals surface area contributed by atoms with Crippen LogP contribution in [-0.2, 0) is 4.74 Å². The molecule has 1 unspecified atom stereocenters. The number of hydrogen-bond acceptors (Lipinski definition) is 3. The second-order valence-electron chi connectivity index (χ2n) is 4.22. The number of ether oxygens (including phenoxy) is 1. The first kappa shape index (κ1) is 11.0. The van der Waals surface area contributed by atoms with Crippen molar-refractivity contribution < 1.29 is 9.84 Å². The Balaban J connectivity index is 2.23. The molecule has 0 bridgehead atoms. The standard InChI is InChI=1S/C10H21NO2/c1-10(12,5-8-13-2)9-11-6-3-4-7-11/h12H,3-9H2,1-2H3. The molecule has 1 rings (SSSR count). The number of hydrogen-bond donors (Lipinski definition) is 1. The summed E-state index contributed by atoms with van der Waals surface area (Å²) in [6.45, 7) is 5.60. The van der Waals surface area contributed by atoms with Gasteiger partial charge in [-0.05, 0) is 32.9 Å². The van der Waals surface area contributed by atoms with Crippen LogP contribution < -0.4 is 0 Å². The minimum absolute atomic E-state index is 0.583. The highest BCUT2D eigenvalue weighted by Crippen LogP contribution is 2.15. The van der Waals surface area contributed by atoms with Crippen LogP contribution in [0.1, 0.15) is 26.2 Å². The molecule has 1 aliphatic rings. The van der Waals surface area contributed by atoms with Crippen molar-refractivity contribution in [3.05, 3.63) is 0 Å². The van der Waals surface area contributed by atoms with Gasteiger partial charge >= 0.3 is 0 Å². The van der Waals surface area contributed by atoms with Crippen LogP contribution in [0.5, 0.6) is 0 Å². The smallest absolute Gasteiger partial charge is 0.0768 e. The molecule has 0 amide bonds. The van der Waals surface area contributed by atoms with Crippen LogP contribution >= 0.6 is 0 Å². The molecule has 1 saturated heterocycles. The SMILES string of the molecule is COCCC(C)(O)CN1CCCC1. The monoisotopic (exact) mass is 187 g/mol. The van der Waals surface area contributed by atoms with E-state index in [1.165, 1.54) is 12.8 Å². The highest BCUT2D eigenvalue weighted by Gasteiger charge is 2.25. The molecular formula is C10H21NO2. The first-order valence-corrected chi connectivity index (χ1v) is 5.08. The van der Waals surface area contributed by atoms with E-state index in [0.717, 1.165) is 26.1 Å². The predicted octanol–water partition coefficient (Wildman–Crippen LogP) is 0.870. The van der Waals surface area contributed by atoms with E-state index < -0.39 is 5.60 Å². The van der Waals surface area contributed by atoms with E-state index in [-0.39, 0.29) is 0 Å². The summed E-state index contributed by atoms with van der Waals surface area (Å²) in [5.74, 6) is 0. The summed E-state index contributed by atoms with van der Waals surface area (Å²) in [6.07, 6.45) is 3.28. The molecule has 3 nitrogen and oxygen atoms in total. The highest BCUT2D eigenvalue weighted by atomic mass is 16.5. The Morgan fingerprint density at radius 1 is 1.38 bits per heavy atom. The van der Waals surface area contributed by atoms with Crippen LogP contribution in [0.4, 0.5) is 0 Å². The lowest BCUT2D eigenvalue weighted by molar-refractivity contribution is -0.000645. The first-order chi connectivity index (χ1) is 6.14. The minimum Gasteiger partial charge on any atom is -0.389 e. The molecule has 13 heavy (non-hydrogen) atoms. The summed E-state index contributed by atoms with van der Waals surface area (Å²) in [6, 6.07) is 0. The lowest BCUT2D eigenvalue weighted by Gasteiger charge is -2.28. The van der Waals surface area contributed by atoms with Gasteiger partial charge < -0.3 is 14.7 Å². The zero-order valence-electron chi connectivity index (χ0n) is 8.75. The van der Waals surface area contributed by atoms with Crippen LogP contribution in [0.2, 0.25) is 0 Å². The van der Waals surface area contributed by atoms with E-state index in [4.69, 9.17) is 4.74 Å². The first-order valence-electron chi connectivity index (χ1n) is 5.08. The Morgan fingerprint density at radius 3 is 2.54 bits per heavy atom. The summed E-state index contributed by atoms with van der Waals surface area (Å²) in [5.41, 5.74) is -0.583. The Morgan fingerprint density at radius 2 is 2.00 bits per heavy atom. The van der Waals surface area contributed by atoms with Crippen LogP contribution in [-0.4, -0.2) is 49.0 Å². The van der Waals surface area contributed by atoms with Gasteiger partial charge in [0.2, 0.25) is 0 Å². The maximum Gasteiger partial charge on any atom is 0.0768 e. The van der Waals surface area contributed by atoms with Crippen LogP contribution in [0.3, 0.4) is 0 Å². The molecule has 1 fully saturated rings. The Labute approximate surface area is 80.7 Å². The van der Waals surface area contributed by atoms with Crippen molar-refractivity contribution in [2.45, 2.75) is 31.8 Å². The quantitative estimate of drug-likeness (QED) is 0.693. The van der Waals surface area contributed by atoms with Crippen LogP contribution in [0, 0.1) is 0 Å². The van der Waals surface area contributed by atoms with Gasteiger partial charge in [-0.25, -0.2) is 0 Å². The van der Waals surface area contributed by atoms with Crippen LogP contribution in [0.15, 0.2) is 0 Å². The molecule has 78 valence electrons. The normalized spacial score (nSPS) is 23.3. The van der Waals surface area contributed by atoms with Crippen molar-refractivity contribution >= 4 is 0 Å². The van der Waals surface area contributed by atoms with Gasteiger partial charge in [0.15, 0.2) is 0 Å². The molecule has 3 heteroatoms. The van der Waals surface area contributed by atoms with Gasteiger partial charge in [-0.15, -0.1) is 0 Å². The molecule has 0 radical (unpaired) electrons. The van der Waals surface area contributed by atoms with Crippen molar-refractivity contribution in [1.29, 1.82) is 0 Å². The second kappa shape index (κ2) is 4.94. The Kier molecular flexibility index (Phi) is 4.16. The molecular weight excluding hydrogens is 166 g/mol. The fourth-order valence-corrected chi connectivity index (χ4v) is 1.82. The number of rotatable bonds is 5. The van der Waals surface area contributed by atoms with Gasteiger partial charge in [0.1, 0.15) is 0 Å². The third kappa shape index (κ3) is 4.07. The van der Waals surface area contributed by atoms with Crippen molar-refractivity contribution in [3.63, 3.8) is 0 Å². The number of likely N-dealkylation sites (tertiary alicyclic amines) is 1. The molecule has 0 aromatic rings. The van der Waals surface area contributed by atoms with Crippen molar-refractivity contribution in [2.75, 3.05) is 33.4 Å².